The summed E-state index contributed by atoms with van der Waals surface area (Å²) in [7, 11) is 0. The van der Waals surface area contributed by atoms with Crippen LogP contribution >= 0.6 is 0 Å². The third-order valence-electron chi connectivity index (χ3n) is 2.55. The van der Waals surface area contributed by atoms with Gasteiger partial charge in [-0.25, -0.2) is 0 Å². The number of hydrogen-bond acceptors (Lipinski definition) is 7. The quantitative estimate of drug-likeness (QED) is 0.427. The molecule has 0 bridgehead atoms. The Morgan fingerprint density at radius 2 is 1.82 bits per heavy atom. The molecule has 0 aliphatic carbocycles. The largest absolute Gasteiger partial charge is 0.433 e. The number of aliphatic hydroxyl groups excluding tert-OH is 4. The van der Waals surface area contributed by atoms with Crippen molar-refractivity contribution in [2.75, 3.05) is 6.61 Å². The van der Waals surface area contributed by atoms with Crippen molar-refractivity contribution in [3.8, 4) is 0 Å². The molecule has 17 heavy (non-hydrogen) atoms. The highest BCUT2D eigenvalue weighted by Crippen LogP contribution is 2.22. The molecule has 5 atom stereocenters. The Balaban J connectivity index is 2.69. The van der Waals surface area contributed by atoms with Crippen LogP contribution < -0.4 is 0 Å². The molecule has 1 unspecified atom stereocenters. The molecule has 1 rings (SSSR count). The topological polar surface area (TPSA) is 116 Å². The number of esters is 1. The summed E-state index contributed by atoms with van der Waals surface area (Å²) in [6, 6.07) is 0. The fourth-order valence-electron chi connectivity index (χ4n) is 1.42. The normalized spacial score (nSPS) is 38.2. The molecule has 0 aromatic heterocycles. The van der Waals surface area contributed by atoms with Gasteiger partial charge in [0, 0.05) is 0 Å². The Morgan fingerprint density at radius 3 is 2.29 bits per heavy atom. The van der Waals surface area contributed by atoms with E-state index in [0.717, 1.165) is 0 Å². The summed E-state index contributed by atoms with van der Waals surface area (Å²) in [6.45, 7) is 2.65. The zero-order chi connectivity index (χ0) is 13.2. The number of hydrogen-bond donors (Lipinski definition) is 4. The van der Waals surface area contributed by atoms with Crippen molar-refractivity contribution in [3.05, 3.63) is 0 Å². The van der Waals surface area contributed by atoms with Crippen LogP contribution in [0.5, 0.6) is 0 Å². The molecule has 1 heterocycles. The molecule has 0 amide bonds. The second kappa shape index (κ2) is 5.74. The van der Waals surface area contributed by atoms with Crippen LogP contribution in [0, 0.1) is 5.92 Å². The molecule has 0 spiro atoms. The summed E-state index contributed by atoms with van der Waals surface area (Å²) in [5, 5.41) is 37.4. The first-order chi connectivity index (χ1) is 7.88. The maximum absolute atomic E-state index is 11.3. The summed E-state index contributed by atoms with van der Waals surface area (Å²) in [4.78, 5) is 11.3. The van der Waals surface area contributed by atoms with Gasteiger partial charge in [0.25, 0.3) is 0 Å². The molecule has 1 fully saturated rings. The number of ether oxygens (including phenoxy) is 2. The lowest BCUT2D eigenvalue weighted by Crippen LogP contribution is -2.59. The van der Waals surface area contributed by atoms with E-state index in [9.17, 15) is 20.1 Å². The van der Waals surface area contributed by atoms with Crippen LogP contribution in [0.2, 0.25) is 0 Å². The van der Waals surface area contributed by atoms with E-state index in [2.05, 4.69) is 0 Å². The van der Waals surface area contributed by atoms with Crippen molar-refractivity contribution in [1.82, 2.24) is 0 Å². The second-order valence-electron chi connectivity index (χ2n) is 4.29. The zero-order valence-corrected chi connectivity index (χ0v) is 9.68. The third-order valence-corrected chi connectivity index (χ3v) is 2.55. The van der Waals surface area contributed by atoms with E-state index in [4.69, 9.17) is 14.6 Å². The van der Waals surface area contributed by atoms with Crippen LogP contribution in [0.1, 0.15) is 13.8 Å². The summed E-state index contributed by atoms with van der Waals surface area (Å²) in [5.74, 6) is -1.02. The number of aliphatic hydroxyl groups is 4. The molecule has 4 N–H and O–H groups in total. The standard InChI is InChI=1S/C10H18O7/c1-4(2)9(15)17-10-8(14)7(13)6(12)5(3-11)16-10/h4-8,10-14H,3H2,1-2H3/t5-,6-,7+,8-,10?/m1/s1. The van der Waals surface area contributed by atoms with Gasteiger partial charge in [-0.1, -0.05) is 13.8 Å². The molecule has 100 valence electrons. The van der Waals surface area contributed by atoms with Gasteiger partial charge in [0.1, 0.15) is 24.4 Å². The Bertz CT molecular complexity index is 265. The molecule has 7 nitrogen and oxygen atoms in total. The molecule has 0 aromatic rings. The molecule has 0 saturated carbocycles. The zero-order valence-electron chi connectivity index (χ0n) is 9.68. The van der Waals surface area contributed by atoms with E-state index in [1.165, 1.54) is 0 Å². The summed E-state index contributed by atoms with van der Waals surface area (Å²) in [6.07, 6.45) is -7.00. The van der Waals surface area contributed by atoms with Crippen molar-refractivity contribution < 1.29 is 34.7 Å². The van der Waals surface area contributed by atoms with Gasteiger partial charge in [-0.2, -0.15) is 0 Å². The van der Waals surface area contributed by atoms with E-state index < -0.39 is 49.2 Å². The Kier molecular flexibility index (Phi) is 4.84. The van der Waals surface area contributed by atoms with Gasteiger partial charge in [0.2, 0.25) is 6.29 Å². The predicted molar refractivity (Wildman–Crippen MR) is 54.7 cm³/mol. The number of carbonyl (C=O) groups is 1. The van der Waals surface area contributed by atoms with Gasteiger partial charge in [0.05, 0.1) is 12.5 Å². The highest BCUT2D eigenvalue weighted by Gasteiger charge is 2.45. The lowest BCUT2D eigenvalue weighted by molar-refractivity contribution is -0.293. The average Bonchev–Trinajstić information content (AvgIpc) is 2.29. The van der Waals surface area contributed by atoms with E-state index in [0.29, 0.717) is 0 Å². The monoisotopic (exact) mass is 250 g/mol. The lowest BCUT2D eigenvalue weighted by atomic mass is 9.99. The molecule has 0 aromatic carbocycles. The van der Waals surface area contributed by atoms with Crippen molar-refractivity contribution in [3.63, 3.8) is 0 Å². The second-order valence-corrected chi connectivity index (χ2v) is 4.29. The van der Waals surface area contributed by atoms with Crippen molar-refractivity contribution >= 4 is 5.97 Å². The summed E-state index contributed by atoms with van der Waals surface area (Å²) >= 11 is 0. The van der Waals surface area contributed by atoms with Crippen LogP contribution in [-0.4, -0.2) is 63.7 Å². The molecule has 0 radical (unpaired) electrons. The van der Waals surface area contributed by atoms with Gasteiger partial charge >= 0.3 is 5.97 Å². The first kappa shape index (κ1) is 14.3. The van der Waals surface area contributed by atoms with Crippen LogP contribution in [0.15, 0.2) is 0 Å². The fourth-order valence-corrected chi connectivity index (χ4v) is 1.42. The van der Waals surface area contributed by atoms with Gasteiger partial charge < -0.3 is 29.9 Å². The Morgan fingerprint density at radius 1 is 1.24 bits per heavy atom. The van der Waals surface area contributed by atoms with Gasteiger partial charge in [-0.05, 0) is 0 Å². The summed E-state index contributed by atoms with van der Waals surface area (Å²) in [5.41, 5.74) is 0. The first-order valence-electron chi connectivity index (χ1n) is 5.39. The van der Waals surface area contributed by atoms with Gasteiger partial charge in [-0.3, -0.25) is 4.79 Å². The predicted octanol–water partition coefficient (Wildman–Crippen LogP) is -2.01. The van der Waals surface area contributed by atoms with Crippen LogP contribution in [0.4, 0.5) is 0 Å². The summed E-state index contributed by atoms with van der Waals surface area (Å²) < 4.78 is 9.82. The van der Waals surface area contributed by atoms with Crippen molar-refractivity contribution in [1.29, 1.82) is 0 Å². The van der Waals surface area contributed by atoms with E-state index in [-0.39, 0.29) is 0 Å². The lowest BCUT2D eigenvalue weighted by Gasteiger charge is -2.39. The number of carbonyl (C=O) groups excluding carboxylic acids is 1. The van der Waals surface area contributed by atoms with Crippen LogP contribution in [-0.2, 0) is 14.3 Å². The van der Waals surface area contributed by atoms with Crippen molar-refractivity contribution in [2.24, 2.45) is 5.92 Å². The minimum absolute atomic E-state index is 0.414. The Hall–Kier alpha value is -0.730. The van der Waals surface area contributed by atoms with Gasteiger partial charge in [-0.15, -0.1) is 0 Å². The molecular formula is C10H18O7. The Labute approximate surface area is 98.6 Å². The average molecular weight is 250 g/mol. The highest BCUT2D eigenvalue weighted by molar-refractivity contribution is 5.71. The molecule has 1 saturated heterocycles. The van der Waals surface area contributed by atoms with E-state index >= 15 is 0 Å². The molecule has 7 heteroatoms. The maximum atomic E-state index is 11.3. The van der Waals surface area contributed by atoms with Crippen LogP contribution in [0.25, 0.3) is 0 Å². The third kappa shape index (κ3) is 3.14. The van der Waals surface area contributed by atoms with E-state index in [1.807, 2.05) is 0 Å². The van der Waals surface area contributed by atoms with Crippen LogP contribution in [0.3, 0.4) is 0 Å². The smallest absolute Gasteiger partial charge is 0.310 e. The molecule has 1 aliphatic rings. The van der Waals surface area contributed by atoms with Crippen molar-refractivity contribution in [2.45, 2.75) is 44.6 Å². The highest BCUT2D eigenvalue weighted by atomic mass is 16.7. The van der Waals surface area contributed by atoms with Gasteiger partial charge in [0.15, 0.2) is 0 Å². The first-order valence-corrected chi connectivity index (χ1v) is 5.39. The minimum Gasteiger partial charge on any atom is -0.433 e. The SMILES string of the molecule is CC(C)C(=O)OC1O[C@H](CO)[C@@H](O)[C@H](O)[C@H]1O. The molecular weight excluding hydrogens is 232 g/mol. The number of rotatable bonds is 3. The fraction of sp³-hybridized carbons (Fsp3) is 0.900. The minimum atomic E-state index is -1.55. The molecule has 1 aliphatic heterocycles. The van der Waals surface area contributed by atoms with E-state index in [1.54, 1.807) is 13.8 Å². The maximum Gasteiger partial charge on any atom is 0.310 e.